The number of morpholine rings is 1. The Labute approximate surface area is 113 Å². The van der Waals surface area contributed by atoms with Crippen LogP contribution in [-0.2, 0) is 20.9 Å². The van der Waals surface area contributed by atoms with Gasteiger partial charge >= 0.3 is 0 Å². The molecular formula is C14H19NO4. The first-order chi connectivity index (χ1) is 9.38. The van der Waals surface area contributed by atoms with E-state index in [0.717, 1.165) is 44.2 Å². The molecule has 1 aromatic carbocycles. The highest BCUT2D eigenvalue weighted by atomic mass is 16.5. The molecule has 0 bridgehead atoms. The molecule has 5 nitrogen and oxygen atoms in total. The Bertz CT molecular complexity index is 374. The second kappa shape index (κ2) is 7.76. The van der Waals surface area contributed by atoms with Crippen molar-refractivity contribution in [3.8, 4) is 5.75 Å². The predicted octanol–water partition coefficient (Wildman–Crippen LogP) is 1.07. The summed E-state index contributed by atoms with van der Waals surface area (Å²) < 4.78 is 15.6. The van der Waals surface area contributed by atoms with Gasteiger partial charge in [-0.2, -0.15) is 0 Å². The van der Waals surface area contributed by atoms with E-state index in [-0.39, 0.29) is 0 Å². The Balaban J connectivity index is 1.68. The minimum absolute atomic E-state index is 0.303. The van der Waals surface area contributed by atoms with E-state index in [1.165, 1.54) is 0 Å². The first-order valence-electron chi connectivity index (χ1n) is 6.45. The van der Waals surface area contributed by atoms with Crippen LogP contribution < -0.4 is 4.74 Å². The molecule has 0 amide bonds. The summed E-state index contributed by atoms with van der Waals surface area (Å²) >= 11 is 0. The van der Waals surface area contributed by atoms with Crippen molar-refractivity contribution < 1.29 is 19.0 Å². The van der Waals surface area contributed by atoms with Crippen molar-refractivity contribution in [1.82, 2.24) is 4.90 Å². The zero-order chi connectivity index (χ0) is 13.3. The lowest BCUT2D eigenvalue weighted by atomic mass is 10.2. The molecule has 0 saturated carbocycles. The Morgan fingerprint density at radius 1 is 1.21 bits per heavy atom. The van der Waals surface area contributed by atoms with E-state index in [0.29, 0.717) is 19.7 Å². The van der Waals surface area contributed by atoms with Crippen molar-refractivity contribution in [2.45, 2.75) is 6.61 Å². The summed E-state index contributed by atoms with van der Waals surface area (Å²) in [5.74, 6) is 0.836. The van der Waals surface area contributed by atoms with Crippen molar-refractivity contribution in [2.75, 3.05) is 39.5 Å². The Kier molecular flexibility index (Phi) is 5.65. The van der Waals surface area contributed by atoms with Crippen LogP contribution in [0.25, 0.3) is 0 Å². The lowest BCUT2D eigenvalue weighted by Gasteiger charge is -2.26. The average Bonchev–Trinajstić information content (AvgIpc) is 2.47. The van der Waals surface area contributed by atoms with E-state index in [1.54, 1.807) is 0 Å². The number of ether oxygens (including phenoxy) is 3. The minimum Gasteiger partial charge on any atom is -0.492 e. The van der Waals surface area contributed by atoms with Crippen LogP contribution in [0.3, 0.4) is 0 Å². The van der Waals surface area contributed by atoms with Crippen LogP contribution in [-0.4, -0.2) is 50.8 Å². The molecule has 0 unspecified atom stereocenters. The van der Waals surface area contributed by atoms with Gasteiger partial charge in [-0.15, -0.1) is 0 Å². The first-order valence-corrected chi connectivity index (χ1v) is 6.45. The summed E-state index contributed by atoms with van der Waals surface area (Å²) in [6.07, 6.45) is 0. The second-order valence-corrected chi connectivity index (χ2v) is 4.35. The summed E-state index contributed by atoms with van der Waals surface area (Å²) in [5, 5.41) is 0. The fraction of sp³-hybridized carbons (Fsp3) is 0.500. The van der Waals surface area contributed by atoms with Gasteiger partial charge in [-0.25, -0.2) is 0 Å². The number of carbonyl (C=O) groups excluding carboxylic acids is 1. The standard InChI is InChI=1S/C14H19NO4/c16-12-18-11-13-1-3-14(4-2-13)19-10-7-15-5-8-17-9-6-15/h1-4,12H,5-11H2. The van der Waals surface area contributed by atoms with Crippen molar-refractivity contribution in [3.63, 3.8) is 0 Å². The molecule has 0 N–H and O–H groups in total. The molecule has 0 spiro atoms. The number of carbonyl (C=O) groups is 1. The van der Waals surface area contributed by atoms with Gasteiger partial charge in [0.2, 0.25) is 0 Å². The molecule has 0 atom stereocenters. The molecular weight excluding hydrogens is 246 g/mol. The lowest BCUT2D eigenvalue weighted by Crippen LogP contribution is -2.38. The highest BCUT2D eigenvalue weighted by Gasteiger charge is 2.09. The van der Waals surface area contributed by atoms with Crippen LogP contribution >= 0.6 is 0 Å². The van der Waals surface area contributed by atoms with Gasteiger partial charge in [0.1, 0.15) is 19.0 Å². The van der Waals surface area contributed by atoms with Crippen molar-refractivity contribution >= 4 is 6.47 Å². The normalized spacial score (nSPS) is 16.0. The third kappa shape index (κ3) is 4.89. The van der Waals surface area contributed by atoms with Gasteiger partial charge in [0, 0.05) is 19.6 Å². The quantitative estimate of drug-likeness (QED) is 0.690. The molecule has 1 aliphatic heterocycles. The molecule has 0 aromatic heterocycles. The molecule has 104 valence electrons. The zero-order valence-electron chi connectivity index (χ0n) is 10.9. The number of rotatable bonds is 7. The van der Waals surface area contributed by atoms with Crippen LogP contribution in [0.4, 0.5) is 0 Å². The molecule has 1 aromatic rings. The highest BCUT2D eigenvalue weighted by molar-refractivity contribution is 5.37. The summed E-state index contributed by atoms with van der Waals surface area (Å²) in [6, 6.07) is 7.58. The molecule has 2 rings (SSSR count). The van der Waals surface area contributed by atoms with Crippen molar-refractivity contribution in [2.24, 2.45) is 0 Å². The van der Waals surface area contributed by atoms with Crippen LogP contribution in [0.2, 0.25) is 0 Å². The molecule has 0 radical (unpaired) electrons. The maximum absolute atomic E-state index is 10.1. The van der Waals surface area contributed by atoms with Gasteiger partial charge in [-0.3, -0.25) is 9.69 Å². The van der Waals surface area contributed by atoms with Gasteiger partial charge < -0.3 is 14.2 Å². The number of hydrogen-bond donors (Lipinski definition) is 0. The Morgan fingerprint density at radius 2 is 1.95 bits per heavy atom. The summed E-state index contributed by atoms with van der Waals surface area (Å²) in [4.78, 5) is 12.4. The average molecular weight is 265 g/mol. The highest BCUT2D eigenvalue weighted by Crippen LogP contribution is 2.12. The third-order valence-electron chi connectivity index (χ3n) is 3.02. The first kappa shape index (κ1) is 13.8. The van der Waals surface area contributed by atoms with E-state index in [9.17, 15) is 4.79 Å². The molecule has 0 aliphatic carbocycles. The SMILES string of the molecule is O=COCc1ccc(OCCN2CCOCC2)cc1. The summed E-state index contributed by atoms with van der Waals surface area (Å²) in [7, 11) is 0. The van der Waals surface area contributed by atoms with Crippen LogP contribution in [0, 0.1) is 0 Å². The van der Waals surface area contributed by atoms with Gasteiger partial charge in [0.25, 0.3) is 6.47 Å². The van der Waals surface area contributed by atoms with E-state index in [1.807, 2.05) is 24.3 Å². The molecule has 1 aliphatic rings. The number of hydrogen-bond acceptors (Lipinski definition) is 5. The smallest absolute Gasteiger partial charge is 0.293 e. The Morgan fingerprint density at radius 3 is 2.63 bits per heavy atom. The zero-order valence-corrected chi connectivity index (χ0v) is 10.9. The maximum atomic E-state index is 10.1. The molecule has 1 fully saturated rings. The second-order valence-electron chi connectivity index (χ2n) is 4.35. The van der Waals surface area contributed by atoms with E-state index in [4.69, 9.17) is 9.47 Å². The van der Waals surface area contributed by atoms with Gasteiger partial charge in [-0.05, 0) is 17.7 Å². The fourth-order valence-corrected chi connectivity index (χ4v) is 1.93. The molecule has 1 saturated heterocycles. The van der Waals surface area contributed by atoms with Crippen LogP contribution in [0.15, 0.2) is 24.3 Å². The number of benzene rings is 1. The van der Waals surface area contributed by atoms with Gasteiger partial charge in [0.15, 0.2) is 0 Å². The number of nitrogens with zero attached hydrogens (tertiary/aromatic N) is 1. The lowest BCUT2D eigenvalue weighted by molar-refractivity contribution is -0.129. The topological polar surface area (TPSA) is 48.0 Å². The van der Waals surface area contributed by atoms with E-state index in [2.05, 4.69) is 9.64 Å². The molecule has 5 heteroatoms. The molecule has 19 heavy (non-hydrogen) atoms. The monoisotopic (exact) mass is 265 g/mol. The van der Waals surface area contributed by atoms with Crippen LogP contribution in [0.5, 0.6) is 5.75 Å². The minimum atomic E-state index is 0.303. The third-order valence-corrected chi connectivity index (χ3v) is 3.02. The predicted molar refractivity (Wildman–Crippen MR) is 70.0 cm³/mol. The largest absolute Gasteiger partial charge is 0.492 e. The van der Waals surface area contributed by atoms with Gasteiger partial charge in [-0.1, -0.05) is 12.1 Å². The van der Waals surface area contributed by atoms with Gasteiger partial charge in [0.05, 0.1) is 13.2 Å². The Hall–Kier alpha value is -1.59. The fourth-order valence-electron chi connectivity index (χ4n) is 1.93. The summed E-state index contributed by atoms with van der Waals surface area (Å²) in [5.41, 5.74) is 0.952. The van der Waals surface area contributed by atoms with E-state index < -0.39 is 0 Å². The van der Waals surface area contributed by atoms with Crippen molar-refractivity contribution in [1.29, 1.82) is 0 Å². The van der Waals surface area contributed by atoms with Crippen LogP contribution in [0.1, 0.15) is 5.56 Å². The van der Waals surface area contributed by atoms with Crippen molar-refractivity contribution in [3.05, 3.63) is 29.8 Å². The van der Waals surface area contributed by atoms with E-state index >= 15 is 0 Å². The maximum Gasteiger partial charge on any atom is 0.293 e. The molecule has 1 heterocycles. The summed E-state index contributed by atoms with van der Waals surface area (Å²) in [6.45, 7) is 5.92.